The minimum absolute atomic E-state index is 0.0678. The summed E-state index contributed by atoms with van der Waals surface area (Å²) in [6, 6.07) is 17.6. The Morgan fingerprint density at radius 1 is 0.975 bits per heavy atom. The summed E-state index contributed by atoms with van der Waals surface area (Å²) in [5.74, 6) is -1.85. The van der Waals surface area contributed by atoms with Gasteiger partial charge in [0, 0.05) is 42.5 Å². The fourth-order valence-corrected chi connectivity index (χ4v) is 5.25. The first-order chi connectivity index (χ1) is 19.3. The van der Waals surface area contributed by atoms with Gasteiger partial charge < -0.3 is 30.1 Å². The number of ether oxygens (including phenoxy) is 2. The van der Waals surface area contributed by atoms with Crippen molar-refractivity contribution >= 4 is 35.3 Å². The lowest BCUT2D eigenvalue weighted by molar-refractivity contribution is -0.245. The number of carbonyl (C=O) groups is 3. The molecule has 1 amide bonds. The van der Waals surface area contributed by atoms with Crippen molar-refractivity contribution in [3.8, 4) is 0 Å². The maximum atomic E-state index is 12.3. The van der Waals surface area contributed by atoms with Crippen molar-refractivity contribution < 1.29 is 39.2 Å². The highest BCUT2D eigenvalue weighted by molar-refractivity contribution is 7.99. The van der Waals surface area contributed by atoms with Crippen LogP contribution in [0.2, 0.25) is 0 Å². The van der Waals surface area contributed by atoms with Gasteiger partial charge >= 0.3 is 11.9 Å². The molecule has 1 aliphatic rings. The van der Waals surface area contributed by atoms with Crippen molar-refractivity contribution in [1.82, 2.24) is 4.98 Å². The van der Waals surface area contributed by atoms with Gasteiger partial charge in [-0.05, 0) is 41.8 Å². The molecule has 1 aromatic heterocycles. The van der Waals surface area contributed by atoms with Crippen LogP contribution >= 0.6 is 11.8 Å². The average Bonchev–Trinajstić information content (AvgIpc) is 2.96. The maximum Gasteiger partial charge on any atom is 0.338 e. The first kappa shape index (κ1) is 29.2. The van der Waals surface area contributed by atoms with E-state index in [0.29, 0.717) is 28.5 Å². The number of benzene rings is 2. The van der Waals surface area contributed by atoms with Crippen LogP contribution in [0, 0.1) is 0 Å². The Kier molecular flexibility index (Phi) is 10.3. The van der Waals surface area contributed by atoms with E-state index in [9.17, 15) is 24.6 Å². The van der Waals surface area contributed by atoms with Gasteiger partial charge in [0.1, 0.15) is 5.03 Å². The summed E-state index contributed by atoms with van der Waals surface area (Å²) in [6.07, 6.45) is 0.887. The van der Waals surface area contributed by atoms with Crippen LogP contribution in [0.1, 0.15) is 65.1 Å². The Hall–Kier alpha value is -3.77. The molecule has 0 spiro atoms. The number of thioether (sulfide) groups is 1. The molecule has 1 saturated heterocycles. The monoisotopic (exact) mass is 566 g/mol. The summed E-state index contributed by atoms with van der Waals surface area (Å²) in [6.45, 7) is -0.0678. The van der Waals surface area contributed by atoms with Gasteiger partial charge in [0.25, 0.3) is 0 Å². The van der Waals surface area contributed by atoms with E-state index in [-0.39, 0.29) is 49.5 Å². The number of carbonyl (C=O) groups excluding carboxylic acids is 1. The van der Waals surface area contributed by atoms with E-state index in [4.69, 9.17) is 14.6 Å². The predicted molar refractivity (Wildman–Crippen MR) is 147 cm³/mol. The van der Waals surface area contributed by atoms with Crippen LogP contribution in [0.3, 0.4) is 0 Å². The molecule has 2 heterocycles. The maximum absolute atomic E-state index is 12.3. The SMILES string of the molecule is O=C(O)CCCC(=O)Nc1cccc([C@H]2O[C@@H](CSc3ncccc3C(=O)O)C[C@@H](c3ccc(CO)cc3)O2)c1. The summed E-state index contributed by atoms with van der Waals surface area (Å²) in [5.41, 5.74) is 3.03. The van der Waals surface area contributed by atoms with Gasteiger partial charge in [-0.3, -0.25) is 9.59 Å². The van der Waals surface area contributed by atoms with Crippen molar-refractivity contribution in [3.63, 3.8) is 0 Å². The largest absolute Gasteiger partial charge is 0.481 e. The Morgan fingerprint density at radius 2 is 1.77 bits per heavy atom. The molecule has 11 heteroatoms. The van der Waals surface area contributed by atoms with E-state index in [1.165, 1.54) is 17.8 Å². The average molecular weight is 567 g/mol. The molecule has 40 heavy (non-hydrogen) atoms. The third kappa shape index (κ3) is 8.12. The van der Waals surface area contributed by atoms with Gasteiger partial charge in [-0.25, -0.2) is 9.78 Å². The van der Waals surface area contributed by atoms with Gasteiger partial charge in [-0.2, -0.15) is 0 Å². The normalized spacial score (nSPS) is 18.7. The van der Waals surface area contributed by atoms with Crippen molar-refractivity contribution in [3.05, 3.63) is 89.1 Å². The van der Waals surface area contributed by atoms with E-state index >= 15 is 0 Å². The minimum Gasteiger partial charge on any atom is -0.481 e. The second-order valence-electron chi connectivity index (χ2n) is 9.24. The summed E-state index contributed by atoms with van der Waals surface area (Å²) in [7, 11) is 0. The lowest BCUT2D eigenvalue weighted by Crippen LogP contribution is -2.31. The van der Waals surface area contributed by atoms with Crippen LogP contribution in [0.25, 0.3) is 0 Å². The Morgan fingerprint density at radius 3 is 2.50 bits per heavy atom. The molecule has 0 saturated carbocycles. The zero-order chi connectivity index (χ0) is 28.5. The van der Waals surface area contributed by atoms with Gasteiger partial charge in [0.15, 0.2) is 6.29 Å². The number of hydrogen-bond acceptors (Lipinski definition) is 8. The number of hydrogen-bond donors (Lipinski definition) is 4. The number of carboxylic acid groups (broad SMARTS) is 2. The fourth-order valence-electron chi connectivity index (χ4n) is 4.25. The number of nitrogens with zero attached hydrogens (tertiary/aromatic N) is 1. The van der Waals surface area contributed by atoms with Gasteiger partial charge in [0.05, 0.1) is 24.4 Å². The molecule has 3 atom stereocenters. The molecule has 0 aliphatic carbocycles. The first-order valence-electron chi connectivity index (χ1n) is 12.8. The zero-order valence-electron chi connectivity index (χ0n) is 21.6. The number of aliphatic hydroxyl groups is 1. The molecular formula is C29H30N2O8S. The molecule has 0 bridgehead atoms. The van der Waals surface area contributed by atoms with E-state index in [0.717, 1.165) is 11.1 Å². The quantitative estimate of drug-likeness (QED) is 0.225. The molecular weight excluding hydrogens is 536 g/mol. The molecule has 1 fully saturated rings. The molecule has 10 nitrogen and oxygen atoms in total. The number of aliphatic hydroxyl groups excluding tert-OH is 1. The fraction of sp³-hybridized carbons (Fsp3) is 0.310. The summed E-state index contributed by atoms with van der Waals surface area (Å²) in [4.78, 5) is 38.8. The molecule has 4 N–H and O–H groups in total. The highest BCUT2D eigenvalue weighted by atomic mass is 32.2. The van der Waals surface area contributed by atoms with E-state index in [1.54, 1.807) is 30.5 Å². The number of aliphatic carboxylic acids is 1. The summed E-state index contributed by atoms with van der Waals surface area (Å²) >= 11 is 1.30. The number of amides is 1. The van der Waals surface area contributed by atoms with E-state index in [2.05, 4.69) is 10.3 Å². The summed E-state index contributed by atoms with van der Waals surface area (Å²) < 4.78 is 12.7. The Bertz CT molecular complexity index is 1330. The zero-order valence-corrected chi connectivity index (χ0v) is 22.4. The van der Waals surface area contributed by atoms with Gasteiger partial charge in [0.2, 0.25) is 5.91 Å². The Balaban J connectivity index is 1.51. The molecule has 1 aliphatic heterocycles. The lowest BCUT2D eigenvalue weighted by atomic mass is 10.0. The second-order valence-corrected chi connectivity index (χ2v) is 10.3. The highest BCUT2D eigenvalue weighted by Gasteiger charge is 2.32. The molecule has 0 unspecified atom stereocenters. The molecule has 3 aromatic rings. The van der Waals surface area contributed by atoms with Gasteiger partial charge in [-0.15, -0.1) is 11.8 Å². The lowest BCUT2D eigenvalue weighted by Gasteiger charge is -2.36. The molecule has 2 aromatic carbocycles. The van der Waals surface area contributed by atoms with Crippen LogP contribution < -0.4 is 5.32 Å². The number of rotatable bonds is 12. The number of aromatic carboxylic acids is 1. The third-order valence-electron chi connectivity index (χ3n) is 6.26. The summed E-state index contributed by atoms with van der Waals surface area (Å²) in [5, 5.41) is 30.9. The molecule has 210 valence electrons. The predicted octanol–water partition coefficient (Wildman–Crippen LogP) is 4.80. The topological polar surface area (TPSA) is 155 Å². The van der Waals surface area contributed by atoms with Crippen molar-refractivity contribution in [1.29, 1.82) is 0 Å². The van der Waals surface area contributed by atoms with Crippen LogP contribution in [0.4, 0.5) is 5.69 Å². The van der Waals surface area contributed by atoms with E-state index in [1.807, 2.05) is 30.3 Å². The smallest absolute Gasteiger partial charge is 0.338 e. The number of nitrogens with one attached hydrogen (secondary N) is 1. The third-order valence-corrected chi connectivity index (χ3v) is 7.40. The number of carboxylic acids is 2. The highest BCUT2D eigenvalue weighted by Crippen LogP contribution is 2.40. The molecule has 4 rings (SSSR count). The molecule has 0 radical (unpaired) electrons. The number of aromatic nitrogens is 1. The van der Waals surface area contributed by atoms with Crippen LogP contribution in [0.5, 0.6) is 0 Å². The standard InChI is InChI=1S/C29H30N2O8S/c32-16-18-9-11-19(12-10-18)24-15-22(17-40-27-23(28(36)37)6-3-13-30-27)38-29(39-24)20-4-1-5-21(14-20)31-25(33)7-2-8-26(34)35/h1,3-6,9-14,22,24,29,32H,2,7-8,15-17H2,(H,31,33)(H,34,35)(H,36,37)/t22-,24+,29+/m1/s1. The van der Waals surface area contributed by atoms with Crippen molar-refractivity contribution in [2.75, 3.05) is 11.1 Å². The first-order valence-corrected chi connectivity index (χ1v) is 13.7. The minimum atomic E-state index is -1.05. The second kappa shape index (κ2) is 14.0. The van der Waals surface area contributed by atoms with Crippen LogP contribution in [0.15, 0.2) is 71.9 Å². The van der Waals surface area contributed by atoms with Crippen molar-refractivity contribution in [2.45, 2.75) is 55.8 Å². The number of pyridine rings is 1. The van der Waals surface area contributed by atoms with Crippen LogP contribution in [-0.2, 0) is 25.7 Å². The Labute approximate surface area is 235 Å². The van der Waals surface area contributed by atoms with E-state index < -0.39 is 18.2 Å². The van der Waals surface area contributed by atoms with Crippen LogP contribution in [-0.4, -0.2) is 50.0 Å². The van der Waals surface area contributed by atoms with Crippen molar-refractivity contribution in [2.24, 2.45) is 0 Å². The van der Waals surface area contributed by atoms with Gasteiger partial charge in [-0.1, -0.05) is 36.4 Å². The number of anilines is 1.